The van der Waals surface area contributed by atoms with E-state index in [1.165, 1.54) is 36.0 Å². The average molecular weight is 346 g/mol. The molecule has 0 bridgehead atoms. The van der Waals surface area contributed by atoms with Gasteiger partial charge in [-0.1, -0.05) is 42.1 Å². The summed E-state index contributed by atoms with van der Waals surface area (Å²) in [7, 11) is 0. The number of hydrogen-bond acceptors (Lipinski definition) is 4. The van der Waals surface area contributed by atoms with E-state index in [1.807, 2.05) is 30.3 Å². The minimum atomic E-state index is -0.601. The number of carbonyl (C=O) groups excluding carboxylic acids is 2. The van der Waals surface area contributed by atoms with Crippen LogP contribution in [0.5, 0.6) is 5.75 Å². The van der Waals surface area contributed by atoms with Crippen LogP contribution in [0.1, 0.15) is 0 Å². The summed E-state index contributed by atoms with van der Waals surface area (Å²) in [5, 5.41) is 1.60. The Morgan fingerprint density at radius 1 is 1.04 bits per heavy atom. The van der Waals surface area contributed by atoms with Gasteiger partial charge in [0.05, 0.1) is 0 Å². The lowest BCUT2D eigenvalue weighted by Crippen LogP contribution is -2.43. The van der Waals surface area contributed by atoms with E-state index < -0.39 is 24.2 Å². The molecular formula is C17H15FN2O3S. The highest BCUT2D eigenvalue weighted by Gasteiger charge is 2.06. The van der Waals surface area contributed by atoms with Gasteiger partial charge >= 0.3 is 0 Å². The molecule has 0 heterocycles. The first-order chi connectivity index (χ1) is 11.6. The van der Waals surface area contributed by atoms with E-state index >= 15 is 0 Å². The third kappa shape index (κ3) is 6.13. The molecule has 2 N–H and O–H groups in total. The van der Waals surface area contributed by atoms with Crippen molar-refractivity contribution in [1.29, 1.82) is 0 Å². The third-order valence-electron chi connectivity index (χ3n) is 2.69. The van der Waals surface area contributed by atoms with E-state index in [0.717, 1.165) is 4.90 Å². The quantitative estimate of drug-likeness (QED) is 0.479. The fourth-order valence-corrected chi connectivity index (χ4v) is 2.25. The first-order valence-electron chi connectivity index (χ1n) is 6.99. The van der Waals surface area contributed by atoms with Crippen LogP contribution in [-0.2, 0) is 9.59 Å². The molecule has 0 aliphatic heterocycles. The summed E-state index contributed by atoms with van der Waals surface area (Å²) in [5.74, 6) is -1.68. The monoisotopic (exact) mass is 346 g/mol. The van der Waals surface area contributed by atoms with Crippen LogP contribution in [-0.4, -0.2) is 18.4 Å². The largest absolute Gasteiger partial charge is 0.481 e. The molecule has 0 saturated carbocycles. The third-order valence-corrected chi connectivity index (χ3v) is 3.50. The van der Waals surface area contributed by atoms with Gasteiger partial charge in [-0.2, -0.15) is 0 Å². The van der Waals surface area contributed by atoms with E-state index in [4.69, 9.17) is 4.74 Å². The number of thioether (sulfide) groups is 1. The minimum Gasteiger partial charge on any atom is -0.481 e. The van der Waals surface area contributed by atoms with Crippen molar-refractivity contribution < 1.29 is 18.7 Å². The van der Waals surface area contributed by atoms with Crippen molar-refractivity contribution in [3.8, 4) is 5.75 Å². The first-order valence-corrected chi connectivity index (χ1v) is 7.87. The van der Waals surface area contributed by atoms with Crippen molar-refractivity contribution in [2.45, 2.75) is 4.90 Å². The second-order valence-corrected chi connectivity index (χ2v) is 5.47. The molecule has 0 aliphatic carbocycles. The topological polar surface area (TPSA) is 67.4 Å². The van der Waals surface area contributed by atoms with Gasteiger partial charge in [-0.25, -0.2) is 4.39 Å². The Bertz CT molecular complexity index is 723. The van der Waals surface area contributed by atoms with Crippen molar-refractivity contribution in [3.05, 3.63) is 71.9 Å². The minimum absolute atomic E-state index is 0.0295. The summed E-state index contributed by atoms with van der Waals surface area (Å²) < 4.78 is 18.3. The molecule has 0 aliphatic rings. The number of hydrazine groups is 1. The molecule has 0 aromatic heterocycles. The van der Waals surface area contributed by atoms with Gasteiger partial charge in [0, 0.05) is 11.0 Å². The summed E-state index contributed by atoms with van der Waals surface area (Å²) >= 11 is 1.37. The molecule has 2 aromatic rings. The molecule has 124 valence electrons. The second kappa shape index (κ2) is 9.36. The van der Waals surface area contributed by atoms with Crippen molar-refractivity contribution in [3.63, 3.8) is 0 Å². The van der Waals surface area contributed by atoms with Crippen LogP contribution in [0.2, 0.25) is 0 Å². The van der Waals surface area contributed by atoms with Crippen LogP contribution in [0.3, 0.4) is 0 Å². The maximum atomic E-state index is 13.3. The number of carbonyl (C=O) groups is 2. The van der Waals surface area contributed by atoms with E-state index in [1.54, 1.807) is 11.5 Å². The van der Waals surface area contributed by atoms with Crippen LogP contribution < -0.4 is 15.6 Å². The maximum absolute atomic E-state index is 13.3. The zero-order valence-electron chi connectivity index (χ0n) is 12.6. The molecule has 0 spiro atoms. The summed E-state index contributed by atoms with van der Waals surface area (Å²) in [4.78, 5) is 24.1. The molecule has 0 fully saturated rings. The van der Waals surface area contributed by atoms with E-state index in [-0.39, 0.29) is 5.75 Å². The highest BCUT2D eigenvalue weighted by atomic mass is 32.2. The summed E-state index contributed by atoms with van der Waals surface area (Å²) in [6.07, 6.45) is 1.29. The molecule has 2 aromatic carbocycles. The van der Waals surface area contributed by atoms with Gasteiger partial charge in [-0.05, 0) is 29.7 Å². The van der Waals surface area contributed by atoms with Crippen LogP contribution >= 0.6 is 11.8 Å². The Morgan fingerprint density at radius 2 is 1.75 bits per heavy atom. The highest BCUT2D eigenvalue weighted by Crippen LogP contribution is 2.17. The number of rotatable bonds is 6. The SMILES string of the molecule is O=C(/C=C/Sc1ccccc1)NNC(=O)COc1ccccc1F. The lowest BCUT2D eigenvalue weighted by molar-refractivity contribution is -0.128. The fourth-order valence-electron chi connectivity index (χ4n) is 1.59. The summed E-state index contributed by atoms with van der Waals surface area (Å²) in [5.41, 5.74) is 4.38. The number of benzene rings is 2. The van der Waals surface area contributed by atoms with Crippen molar-refractivity contribution >= 4 is 23.6 Å². The van der Waals surface area contributed by atoms with Crippen LogP contribution in [0, 0.1) is 5.82 Å². The van der Waals surface area contributed by atoms with Gasteiger partial charge in [0.2, 0.25) is 0 Å². The van der Waals surface area contributed by atoms with E-state index in [9.17, 15) is 14.0 Å². The van der Waals surface area contributed by atoms with E-state index in [2.05, 4.69) is 10.9 Å². The lowest BCUT2D eigenvalue weighted by atomic mass is 10.3. The number of para-hydroxylation sites is 1. The smallest absolute Gasteiger partial charge is 0.276 e. The number of ether oxygens (including phenoxy) is 1. The molecule has 0 atom stereocenters. The molecule has 7 heteroatoms. The molecule has 0 unspecified atom stereocenters. The Kier molecular flexibility index (Phi) is 6.85. The van der Waals surface area contributed by atoms with Crippen LogP contribution in [0.4, 0.5) is 4.39 Å². The van der Waals surface area contributed by atoms with Gasteiger partial charge in [-0.15, -0.1) is 0 Å². The first kappa shape index (κ1) is 17.6. The van der Waals surface area contributed by atoms with Gasteiger partial charge in [0.15, 0.2) is 18.2 Å². The van der Waals surface area contributed by atoms with Crippen LogP contribution in [0.15, 0.2) is 71.0 Å². The molecule has 0 radical (unpaired) electrons. The predicted octanol–water partition coefficient (Wildman–Crippen LogP) is 2.66. The molecule has 2 rings (SSSR count). The van der Waals surface area contributed by atoms with Gasteiger partial charge in [-0.3, -0.25) is 20.4 Å². The fraction of sp³-hybridized carbons (Fsp3) is 0.0588. The lowest BCUT2D eigenvalue weighted by Gasteiger charge is -2.08. The zero-order chi connectivity index (χ0) is 17.2. The van der Waals surface area contributed by atoms with Gasteiger partial charge in [0.25, 0.3) is 11.8 Å². The number of amides is 2. The van der Waals surface area contributed by atoms with Gasteiger partial charge in [0.1, 0.15) is 0 Å². The summed E-state index contributed by atoms with van der Waals surface area (Å²) in [6.45, 7) is -0.413. The standard InChI is InChI=1S/C17H15FN2O3S/c18-14-8-4-5-9-15(14)23-12-17(22)20-19-16(21)10-11-24-13-6-2-1-3-7-13/h1-11H,12H2,(H,19,21)(H,20,22)/b11-10+. The Balaban J connectivity index is 1.67. The molecular weight excluding hydrogens is 331 g/mol. The number of halogens is 1. The van der Waals surface area contributed by atoms with Crippen molar-refractivity contribution in [2.24, 2.45) is 0 Å². The van der Waals surface area contributed by atoms with Crippen molar-refractivity contribution in [2.75, 3.05) is 6.61 Å². The molecule has 2 amide bonds. The van der Waals surface area contributed by atoms with E-state index in [0.29, 0.717) is 0 Å². The Hall–Kier alpha value is -2.80. The normalized spacial score (nSPS) is 10.4. The average Bonchev–Trinajstić information content (AvgIpc) is 2.60. The highest BCUT2D eigenvalue weighted by molar-refractivity contribution is 8.02. The summed E-state index contributed by atoms with van der Waals surface area (Å²) in [6, 6.07) is 15.3. The Morgan fingerprint density at radius 3 is 2.50 bits per heavy atom. The zero-order valence-corrected chi connectivity index (χ0v) is 13.4. The van der Waals surface area contributed by atoms with Gasteiger partial charge < -0.3 is 4.74 Å². The van der Waals surface area contributed by atoms with Crippen molar-refractivity contribution in [1.82, 2.24) is 10.9 Å². The molecule has 5 nitrogen and oxygen atoms in total. The predicted molar refractivity (Wildman–Crippen MR) is 89.6 cm³/mol. The van der Waals surface area contributed by atoms with Crippen LogP contribution in [0.25, 0.3) is 0 Å². The number of hydrogen-bond donors (Lipinski definition) is 2. The maximum Gasteiger partial charge on any atom is 0.276 e. The Labute approximate surface area is 142 Å². The molecule has 0 saturated heterocycles. The number of nitrogens with one attached hydrogen (secondary N) is 2. The second-order valence-electron chi connectivity index (χ2n) is 4.49. The molecule has 24 heavy (non-hydrogen) atoms.